The van der Waals surface area contributed by atoms with Gasteiger partial charge in [0.2, 0.25) is 0 Å². The fraction of sp³-hybridized carbons (Fsp3) is 0.812. The van der Waals surface area contributed by atoms with Crippen LogP contribution in [0.4, 0.5) is 0 Å². The Hall–Kier alpha value is -0.920. The normalized spacial score (nSPS) is 22.7. The van der Waals surface area contributed by atoms with Gasteiger partial charge in [-0.25, -0.2) is 4.98 Å². The van der Waals surface area contributed by atoms with Crippen molar-refractivity contribution >= 4 is 10.2 Å². The molecular weight excluding hydrogens is 312 g/mol. The second-order valence-corrected chi connectivity index (χ2v) is 8.72. The first-order valence-corrected chi connectivity index (χ1v) is 10.1. The lowest BCUT2D eigenvalue weighted by atomic mass is 10.0. The molecule has 6 nitrogen and oxygen atoms in total. The van der Waals surface area contributed by atoms with Gasteiger partial charge in [-0.1, -0.05) is 6.92 Å². The fourth-order valence-corrected chi connectivity index (χ4v) is 5.54. The maximum absolute atomic E-state index is 12.9. The number of hydrogen-bond donors (Lipinski definition) is 0. The van der Waals surface area contributed by atoms with Gasteiger partial charge < -0.3 is 4.57 Å². The Labute approximate surface area is 139 Å². The summed E-state index contributed by atoms with van der Waals surface area (Å²) in [5.41, 5.74) is 2.48. The molecule has 0 spiro atoms. The molecule has 1 saturated heterocycles. The predicted octanol–water partition coefficient (Wildman–Crippen LogP) is 2.02. The Morgan fingerprint density at radius 3 is 2.70 bits per heavy atom. The first-order chi connectivity index (χ1) is 11.0. The monoisotopic (exact) mass is 340 g/mol. The van der Waals surface area contributed by atoms with E-state index < -0.39 is 10.2 Å². The average Bonchev–Trinajstić information content (AvgIpc) is 3.13. The summed E-state index contributed by atoms with van der Waals surface area (Å²) >= 11 is 0. The summed E-state index contributed by atoms with van der Waals surface area (Å²) in [4.78, 5) is 4.84. The van der Waals surface area contributed by atoms with Gasteiger partial charge in [0, 0.05) is 32.9 Å². The van der Waals surface area contributed by atoms with Gasteiger partial charge in [0.15, 0.2) is 0 Å². The third-order valence-corrected chi connectivity index (χ3v) is 7.14. The van der Waals surface area contributed by atoms with Crippen molar-refractivity contribution < 1.29 is 8.42 Å². The van der Waals surface area contributed by atoms with E-state index in [4.69, 9.17) is 4.98 Å². The van der Waals surface area contributed by atoms with E-state index in [1.54, 1.807) is 11.4 Å². The molecule has 2 aliphatic rings. The highest BCUT2D eigenvalue weighted by Gasteiger charge is 2.40. The summed E-state index contributed by atoms with van der Waals surface area (Å²) in [6.45, 7) is 3.15. The van der Waals surface area contributed by atoms with Gasteiger partial charge in [-0.15, -0.1) is 0 Å². The summed E-state index contributed by atoms with van der Waals surface area (Å²) in [6.07, 6.45) is 7.08. The quantitative estimate of drug-likeness (QED) is 0.824. The van der Waals surface area contributed by atoms with E-state index >= 15 is 0 Å². The number of aryl methyl sites for hydroxylation is 1. The third-order valence-electron chi connectivity index (χ3n) is 5.14. The van der Waals surface area contributed by atoms with Crippen LogP contribution in [0.5, 0.6) is 0 Å². The standard InChI is InChI=1S/C16H28N4O2S/c1-4-11-18(2)23(21,22)20-12-7-10-15(20)16-17-13-8-5-6-9-14(13)19(16)3/h15H,4-12H2,1-3H3/t15-/m0/s1. The van der Waals surface area contributed by atoms with Gasteiger partial charge in [0.1, 0.15) is 5.82 Å². The lowest BCUT2D eigenvalue weighted by Crippen LogP contribution is -2.42. The molecule has 1 atom stereocenters. The zero-order chi connectivity index (χ0) is 16.6. The van der Waals surface area contributed by atoms with Crippen molar-refractivity contribution in [3.8, 4) is 0 Å². The zero-order valence-corrected chi connectivity index (χ0v) is 15.3. The third kappa shape index (κ3) is 2.94. The lowest BCUT2D eigenvalue weighted by molar-refractivity contribution is 0.335. The second kappa shape index (κ2) is 6.53. The molecule has 1 aliphatic heterocycles. The molecule has 1 fully saturated rings. The summed E-state index contributed by atoms with van der Waals surface area (Å²) in [6, 6.07) is -0.116. The van der Waals surface area contributed by atoms with Crippen LogP contribution in [0.25, 0.3) is 0 Å². The molecule has 0 N–H and O–H groups in total. The first-order valence-electron chi connectivity index (χ1n) is 8.74. The molecule has 1 aromatic rings. The number of imidazole rings is 1. The molecule has 0 amide bonds. The van der Waals surface area contributed by atoms with Crippen LogP contribution in [0.3, 0.4) is 0 Å². The van der Waals surface area contributed by atoms with Crippen molar-refractivity contribution in [2.75, 3.05) is 20.1 Å². The number of aromatic nitrogens is 2. The van der Waals surface area contributed by atoms with E-state index in [1.165, 1.54) is 28.5 Å². The summed E-state index contributed by atoms with van der Waals surface area (Å²) in [5.74, 6) is 0.933. The zero-order valence-electron chi connectivity index (χ0n) is 14.5. The van der Waals surface area contributed by atoms with Crippen LogP contribution in [0.15, 0.2) is 0 Å². The minimum absolute atomic E-state index is 0.116. The van der Waals surface area contributed by atoms with Crippen LogP contribution >= 0.6 is 0 Å². The van der Waals surface area contributed by atoms with Crippen molar-refractivity contribution in [1.29, 1.82) is 0 Å². The highest BCUT2D eigenvalue weighted by atomic mass is 32.2. The van der Waals surface area contributed by atoms with E-state index in [9.17, 15) is 8.42 Å². The number of hydrogen-bond acceptors (Lipinski definition) is 3. The van der Waals surface area contributed by atoms with Gasteiger partial charge in [-0.05, 0) is 44.9 Å². The van der Waals surface area contributed by atoms with Crippen molar-refractivity contribution in [3.05, 3.63) is 17.2 Å². The van der Waals surface area contributed by atoms with Crippen LogP contribution in [-0.2, 0) is 30.1 Å². The first kappa shape index (κ1) is 16.9. The van der Waals surface area contributed by atoms with Crippen molar-refractivity contribution in [3.63, 3.8) is 0 Å². The molecule has 3 rings (SSSR count). The topological polar surface area (TPSA) is 58.4 Å². The molecule has 0 radical (unpaired) electrons. The number of rotatable bonds is 5. The van der Waals surface area contributed by atoms with Crippen LogP contribution in [0.2, 0.25) is 0 Å². The Balaban J connectivity index is 1.92. The number of fused-ring (bicyclic) bond motifs is 1. The summed E-state index contributed by atoms with van der Waals surface area (Å²) in [7, 11) is 0.322. The maximum atomic E-state index is 12.9. The Bertz CT molecular complexity index is 668. The predicted molar refractivity (Wildman–Crippen MR) is 90.4 cm³/mol. The molecule has 23 heavy (non-hydrogen) atoms. The maximum Gasteiger partial charge on any atom is 0.282 e. The smallest absolute Gasteiger partial charge is 0.282 e. The second-order valence-electron chi connectivity index (χ2n) is 6.73. The summed E-state index contributed by atoms with van der Waals surface area (Å²) < 4.78 is 31.1. The largest absolute Gasteiger partial charge is 0.333 e. The molecule has 0 unspecified atom stereocenters. The minimum Gasteiger partial charge on any atom is -0.333 e. The van der Waals surface area contributed by atoms with E-state index in [1.807, 2.05) is 14.0 Å². The molecule has 0 saturated carbocycles. The van der Waals surface area contributed by atoms with Gasteiger partial charge in [-0.3, -0.25) is 0 Å². The van der Waals surface area contributed by atoms with Gasteiger partial charge in [-0.2, -0.15) is 17.0 Å². The van der Waals surface area contributed by atoms with E-state index in [2.05, 4.69) is 4.57 Å². The Morgan fingerprint density at radius 1 is 1.26 bits per heavy atom. The molecule has 1 aliphatic carbocycles. The van der Waals surface area contributed by atoms with Gasteiger partial charge >= 0.3 is 0 Å². The van der Waals surface area contributed by atoms with E-state index in [-0.39, 0.29) is 6.04 Å². The Morgan fingerprint density at radius 2 is 2.00 bits per heavy atom. The van der Waals surface area contributed by atoms with Gasteiger partial charge in [0.25, 0.3) is 10.2 Å². The van der Waals surface area contributed by atoms with Crippen molar-refractivity contribution in [1.82, 2.24) is 18.2 Å². The number of nitrogens with zero attached hydrogens (tertiary/aromatic N) is 4. The van der Waals surface area contributed by atoms with Crippen LogP contribution in [0.1, 0.15) is 62.3 Å². The molecule has 0 bridgehead atoms. The Kier molecular flexibility index (Phi) is 4.80. The molecule has 2 heterocycles. The molecule has 1 aromatic heterocycles. The molecule has 0 aromatic carbocycles. The van der Waals surface area contributed by atoms with Crippen LogP contribution < -0.4 is 0 Å². The van der Waals surface area contributed by atoms with Crippen molar-refractivity contribution in [2.24, 2.45) is 7.05 Å². The van der Waals surface area contributed by atoms with E-state index in [0.717, 1.165) is 37.9 Å². The van der Waals surface area contributed by atoms with Crippen molar-refractivity contribution in [2.45, 2.75) is 57.9 Å². The lowest BCUT2D eigenvalue weighted by Gasteiger charge is -2.28. The molecular formula is C16H28N4O2S. The molecule has 7 heteroatoms. The average molecular weight is 340 g/mol. The highest BCUT2D eigenvalue weighted by molar-refractivity contribution is 7.86. The molecule has 130 valence electrons. The van der Waals surface area contributed by atoms with Crippen LogP contribution in [-0.4, -0.2) is 46.7 Å². The fourth-order valence-electron chi connectivity index (χ4n) is 3.89. The van der Waals surface area contributed by atoms with Gasteiger partial charge in [0.05, 0.1) is 11.7 Å². The van der Waals surface area contributed by atoms with E-state index in [0.29, 0.717) is 13.1 Å². The highest BCUT2D eigenvalue weighted by Crippen LogP contribution is 2.36. The van der Waals surface area contributed by atoms with Crippen LogP contribution in [0, 0.1) is 0 Å². The minimum atomic E-state index is -3.40. The summed E-state index contributed by atoms with van der Waals surface area (Å²) in [5, 5.41) is 0. The SMILES string of the molecule is CCCN(C)S(=O)(=O)N1CCC[C@H]1c1nc2c(n1C)CCCC2.